The highest BCUT2D eigenvalue weighted by Gasteiger charge is 2.14. The van der Waals surface area contributed by atoms with Crippen LogP contribution in [-0.2, 0) is 6.42 Å². The van der Waals surface area contributed by atoms with Crippen LogP contribution >= 0.6 is 0 Å². The van der Waals surface area contributed by atoms with Gasteiger partial charge >= 0.3 is 0 Å². The first-order valence-corrected chi connectivity index (χ1v) is 7.40. The van der Waals surface area contributed by atoms with E-state index < -0.39 is 0 Å². The van der Waals surface area contributed by atoms with Gasteiger partial charge in [-0.05, 0) is 24.8 Å². The van der Waals surface area contributed by atoms with E-state index in [0.717, 1.165) is 31.2 Å². The van der Waals surface area contributed by atoms with Crippen LogP contribution in [0.4, 0.5) is 0 Å². The Labute approximate surface area is 121 Å². The molecule has 0 radical (unpaired) electrons. The quantitative estimate of drug-likeness (QED) is 0.513. The van der Waals surface area contributed by atoms with Crippen molar-refractivity contribution in [2.45, 2.75) is 32.6 Å². The Morgan fingerprint density at radius 3 is 2.15 bits per heavy atom. The molecular formula is C19H22O. The molecule has 2 aromatic carbocycles. The first-order chi connectivity index (χ1) is 9.77. The van der Waals surface area contributed by atoms with Crippen molar-refractivity contribution in [1.82, 2.24) is 0 Å². The number of hydrogen-bond acceptors (Lipinski definition) is 1. The lowest BCUT2D eigenvalue weighted by Crippen LogP contribution is -2.11. The van der Waals surface area contributed by atoms with Crippen molar-refractivity contribution in [3.63, 3.8) is 0 Å². The number of rotatable bonds is 7. The lowest BCUT2D eigenvalue weighted by Gasteiger charge is -2.10. The van der Waals surface area contributed by atoms with Gasteiger partial charge in [-0.2, -0.15) is 0 Å². The van der Waals surface area contributed by atoms with Crippen LogP contribution < -0.4 is 0 Å². The summed E-state index contributed by atoms with van der Waals surface area (Å²) < 4.78 is 0. The van der Waals surface area contributed by atoms with Crippen molar-refractivity contribution in [3.05, 3.63) is 71.8 Å². The summed E-state index contributed by atoms with van der Waals surface area (Å²) in [5.41, 5.74) is 2.22. The summed E-state index contributed by atoms with van der Waals surface area (Å²) in [5.74, 6) is 0.387. The van der Waals surface area contributed by atoms with Gasteiger partial charge < -0.3 is 0 Å². The maximum Gasteiger partial charge on any atom is 0.165 e. The van der Waals surface area contributed by atoms with Gasteiger partial charge in [-0.3, -0.25) is 4.79 Å². The van der Waals surface area contributed by atoms with Crippen LogP contribution in [0.3, 0.4) is 0 Å². The average Bonchev–Trinajstić information content (AvgIpc) is 2.52. The summed E-state index contributed by atoms with van der Waals surface area (Å²) in [6.07, 6.45) is 4.33. The summed E-state index contributed by atoms with van der Waals surface area (Å²) in [4.78, 5) is 12.2. The molecule has 1 nitrogen and oxygen atoms in total. The van der Waals surface area contributed by atoms with E-state index in [1.54, 1.807) is 0 Å². The third-order valence-corrected chi connectivity index (χ3v) is 3.70. The molecule has 0 saturated carbocycles. The minimum absolute atomic E-state index is 0.119. The first-order valence-electron chi connectivity index (χ1n) is 7.40. The molecule has 0 N–H and O–H groups in total. The molecule has 104 valence electrons. The Kier molecular flexibility index (Phi) is 5.55. The summed E-state index contributed by atoms with van der Waals surface area (Å²) >= 11 is 0. The number of carbonyl (C=O) groups is 1. The van der Waals surface area contributed by atoms with Gasteiger partial charge in [0.25, 0.3) is 0 Å². The molecule has 2 rings (SSSR count). The van der Waals surface area contributed by atoms with E-state index in [1.165, 1.54) is 5.56 Å². The molecule has 0 heterocycles. The molecule has 0 spiro atoms. The highest BCUT2D eigenvalue weighted by atomic mass is 16.1. The number of aryl methyl sites for hydroxylation is 1. The van der Waals surface area contributed by atoms with Crippen LogP contribution in [0.15, 0.2) is 60.7 Å². The molecule has 1 heteroatoms. The van der Waals surface area contributed by atoms with E-state index in [2.05, 4.69) is 24.3 Å². The summed E-state index contributed by atoms with van der Waals surface area (Å²) in [7, 11) is 0. The second-order valence-corrected chi connectivity index (χ2v) is 5.36. The van der Waals surface area contributed by atoms with E-state index >= 15 is 0 Å². The molecular weight excluding hydrogens is 244 g/mol. The first kappa shape index (κ1) is 14.5. The molecule has 2 aromatic rings. The normalized spacial score (nSPS) is 12.1. The highest BCUT2D eigenvalue weighted by molar-refractivity contribution is 5.97. The van der Waals surface area contributed by atoms with E-state index in [4.69, 9.17) is 0 Å². The number of hydrogen-bond donors (Lipinski definition) is 0. The summed E-state index contributed by atoms with van der Waals surface area (Å²) in [6.45, 7) is 2.04. The fraction of sp³-hybridized carbons (Fsp3) is 0.316. The fourth-order valence-corrected chi connectivity index (χ4v) is 2.44. The lowest BCUT2D eigenvalue weighted by atomic mass is 9.93. The molecule has 20 heavy (non-hydrogen) atoms. The van der Waals surface area contributed by atoms with Gasteiger partial charge in [0.1, 0.15) is 0 Å². The second-order valence-electron chi connectivity index (χ2n) is 5.36. The molecule has 0 aliphatic heterocycles. The van der Waals surface area contributed by atoms with Crippen LogP contribution in [0.1, 0.15) is 42.1 Å². The van der Waals surface area contributed by atoms with Gasteiger partial charge in [0.2, 0.25) is 0 Å². The van der Waals surface area contributed by atoms with Gasteiger partial charge in [-0.15, -0.1) is 0 Å². The Morgan fingerprint density at radius 1 is 0.900 bits per heavy atom. The largest absolute Gasteiger partial charge is 0.294 e. The SMILES string of the molecule is CC(CCCCc1ccccc1)C(=O)c1ccccc1. The Hall–Kier alpha value is -1.89. The third kappa shape index (κ3) is 4.34. The number of unbranched alkanes of at least 4 members (excludes halogenated alkanes) is 1. The number of Topliss-reactive ketones (excluding diaryl/α,β-unsaturated/α-hetero) is 1. The number of carbonyl (C=O) groups excluding carboxylic acids is 1. The summed E-state index contributed by atoms with van der Waals surface area (Å²) in [5, 5.41) is 0. The maximum absolute atomic E-state index is 12.2. The predicted octanol–water partition coefficient (Wildman–Crippen LogP) is 4.92. The maximum atomic E-state index is 12.2. The van der Waals surface area contributed by atoms with Crippen molar-refractivity contribution >= 4 is 5.78 Å². The van der Waals surface area contributed by atoms with E-state index in [-0.39, 0.29) is 11.7 Å². The summed E-state index contributed by atoms with van der Waals surface area (Å²) in [6, 6.07) is 20.1. The average molecular weight is 266 g/mol. The molecule has 0 aliphatic rings. The van der Waals surface area contributed by atoms with Crippen LogP contribution in [0.25, 0.3) is 0 Å². The van der Waals surface area contributed by atoms with E-state index in [0.29, 0.717) is 0 Å². The van der Waals surface area contributed by atoms with Gasteiger partial charge in [0, 0.05) is 11.5 Å². The fourth-order valence-electron chi connectivity index (χ4n) is 2.44. The molecule has 1 atom stereocenters. The molecule has 0 saturated heterocycles. The lowest BCUT2D eigenvalue weighted by molar-refractivity contribution is 0.0922. The number of ketones is 1. The van der Waals surface area contributed by atoms with Crippen molar-refractivity contribution < 1.29 is 4.79 Å². The molecule has 0 bridgehead atoms. The van der Waals surface area contributed by atoms with Gasteiger partial charge in [0.05, 0.1) is 0 Å². The highest BCUT2D eigenvalue weighted by Crippen LogP contribution is 2.16. The molecule has 0 fully saturated rings. The van der Waals surface area contributed by atoms with Crippen molar-refractivity contribution in [1.29, 1.82) is 0 Å². The van der Waals surface area contributed by atoms with Crippen LogP contribution in [0.5, 0.6) is 0 Å². The van der Waals surface area contributed by atoms with E-state index in [9.17, 15) is 4.79 Å². The third-order valence-electron chi connectivity index (χ3n) is 3.70. The predicted molar refractivity (Wildman–Crippen MR) is 83.9 cm³/mol. The molecule has 0 aromatic heterocycles. The zero-order valence-corrected chi connectivity index (χ0v) is 12.1. The van der Waals surface area contributed by atoms with Crippen molar-refractivity contribution in [3.8, 4) is 0 Å². The van der Waals surface area contributed by atoms with Gasteiger partial charge in [-0.25, -0.2) is 0 Å². The zero-order valence-electron chi connectivity index (χ0n) is 12.1. The zero-order chi connectivity index (χ0) is 14.2. The number of benzene rings is 2. The minimum atomic E-state index is 0.119. The van der Waals surface area contributed by atoms with Crippen molar-refractivity contribution in [2.75, 3.05) is 0 Å². The van der Waals surface area contributed by atoms with Crippen LogP contribution in [-0.4, -0.2) is 5.78 Å². The standard InChI is InChI=1S/C19H22O/c1-16(19(20)18-14-6-3-7-15-18)10-8-9-13-17-11-4-2-5-12-17/h2-7,11-12,14-16H,8-10,13H2,1H3. The molecule has 0 amide bonds. The Bertz CT molecular complexity index is 516. The minimum Gasteiger partial charge on any atom is -0.294 e. The Morgan fingerprint density at radius 2 is 1.50 bits per heavy atom. The topological polar surface area (TPSA) is 17.1 Å². The van der Waals surface area contributed by atoms with E-state index in [1.807, 2.05) is 43.3 Å². The van der Waals surface area contributed by atoms with Crippen LogP contribution in [0, 0.1) is 5.92 Å². The molecule has 1 unspecified atom stereocenters. The Balaban J connectivity index is 1.73. The van der Waals surface area contributed by atoms with Crippen molar-refractivity contribution in [2.24, 2.45) is 5.92 Å². The van der Waals surface area contributed by atoms with Crippen LogP contribution in [0.2, 0.25) is 0 Å². The van der Waals surface area contributed by atoms with Gasteiger partial charge in [-0.1, -0.05) is 74.0 Å². The smallest absolute Gasteiger partial charge is 0.165 e. The van der Waals surface area contributed by atoms with Gasteiger partial charge in [0.15, 0.2) is 5.78 Å². The monoisotopic (exact) mass is 266 g/mol. The molecule has 0 aliphatic carbocycles. The second kappa shape index (κ2) is 7.64.